The van der Waals surface area contributed by atoms with Crippen LogP contribution in [-0.4, -0.2) is 49.1 Å². The third-order valence-electron chi connectivity index (χ3n) is 6.03. The largest absolute Gasteiger partial charge is 0.481 e. The van der Waals surface area contributed by atoms with Crippen LogP contribution in [0.4, 0.5) is 4.39 Å². The standard InChI is InChI=1S/C28H29BrFN3O/c1-32(19-20-9-5-4-6-10-20)15-16-33(2)27(23-11-7-8-12-25(23)30)24-18-21-17-22(29)13-14-26(21)31-28(24)34-3/h4-14,17-18,27H,15-16,19H2,1-3H3. The third kappa shape index (κ3) is 5.63. The van der Waals surface area contributed by atoms with Crippen LogP contribution in [0.2, 0.25) is 0 Å². The Hall–Kier alpha value is -2.80. The highest BCUT2D eigenvalue weighted by Gasteiger charge is 2.27. The maximum atomic E-state index is 15.1. The van der Waals surface area contributed by atoms with E-state index in [4.69, 9.17) is 9.72 Å². The van der Waals surface area contributed by atoms with Gasteiger partial charge in [0, 0.05) is 40.6 Å². The lowest BCUT2D eigenvalue weighted by molar-refractivity contribution is 0.217. The van der Waals surface area contributed by atoms with E-state index in [1.807, 2.05) is 43.4 Å². The Morgan fingerprint density at radius 1 is 0.912 bits per heavy atom. The number of fused-ring (bicyclic) bond motifs is 1. The molecule has 34 heavy (non-hydrogen) atoms. The molecule has 0 aliphatic carbocycles. The lowest BCUT2D eigenvalue weighted by Gasteiger charge is -2.31. The minimum absolute atomic E-state index is 0.242. The fraction of sp³-hybridized carbons (Fsp3) is 0.250. The van der Waals surface area contributed by atoms with Gasteiger partial charge in [-0.3, -0.25) is 4.90 Å². The lowest BCUT2D eigenvalue weighted by atomic mass is 9.96. The molecule has 176 valence electrons. The van der Waals surface area contributed by atoms with Gasteiger partial charge in [-0.15, -0.1) is 0 Å². The van der Waals surface area contributed by atoms with Crippen LogP contribution in [0.5, 0.6) is 5.88 Å². The first kappa shape index (κ1) is 24.3. The molecule has 4 nitrogen and oxygen atoms in total. The molecule has 3 aromatic carbocycles. The molecular formula is C28H29BrFN3O. The number of ether oxygens (including phenoxy) is 1. The Balaban J connectivity index is 1.67. The number of benzene rings is 3. The van der Waals surface area contributed by atoms with Gasteiger partial charge >= 0.3 is 0 Å². The Bertz CT molecular complexity index is 1250. The molecule has 0 radical (unpaired) electrons. The first-order chi connectivity index (χ1) is 16.5. The van der Waals surface area contributed by atoms with E-state index >= 15 is 4.39 Å². The van der Waals surface area contributed by atoms with E-state index in [2.05, 4.69) is 63.1 Å². The Labute approximate surface area is 209 Å². The SMILES string of the molecule is COc1nc2ccc(Br)cc2cc1C(c1ccccc1F)N(C)CCN(C)Cc1ccccc1. The molecule has 0 aliphatic rings. The highest BCUT2D eigenvalue weighted by molar-refractivity contribution is 9.10. The second-order valence-electron chi connectivity index (χ2n) is 8.55. The number of methoxy groups -OCH3 is 1. The summed E-state index contributed by atoms with van der Waals surface area (Å²) in [6, 6.07) is 25.0. The average Bonchev–Trinajstić information content (AvgIpc) is 2.84. The van der Waals surface area contributed by atoms with Crippen molar-refractivity contribution in [2.75, 3.05) is 34.3 Å². The van der Waals surface area contributed by atoms with E-state index in [0.29, 0.717) is 11.4 Å². The highest BCUT2D eigenvalue weighted by Crippen LogP contribution is 2.36. The van der Waals surface area contributed by atoms with Crippen molar-refractivity contribution in [2.24, 2.45) is 0 Å². The van der Waals surface area contributed by atoms with Gasteiger partial charge in [-0.1, -0.05) is 64.5 Å². The first-order valence-electron chi connectivity index (χ1n) is 11.3. The van der Waals surface area contributed by atoms with Gasteiger partial charge in [-0.25, -0.2) is 9.37 Å². The molecule has 1 atom stereocenters. The molecule has 1 unspecified atom stereocenters. The van der Waals surface area contributed by atoms with Gasteiger partial charge in [0.25, 0.3) is 0 Å². The van der Waals surface area contributed by atoms with Crippen molar-refractivity contribution in [1.82, 2.24) is 14.8 Å². The Morgan fingerprint density at radius 3 is 2.38 bits per heavy atom. The monoisotopic (exact) mass is 521 g/mol. The van der Waals surface area contributed by atoms with Crippen LogP contribution in [0.1, 0.15) is 22.7 Å². The summed E-state index contributed by atoms with van der Waals surface area (Å²) in [5, 5.41) is 0.973. The second kappa shape index (κ2) is 11.1. The summed E-state index contributed by atoms with van der Waals surface area (Å²) in [6.07, 6.45) is 0. The van der Waals surface area contributed by atoms with Gasteiger partial charge in [-0.2, -0.15) is 0 Å². The van der Waals surface area contributed by atoms with E-state index in [9.17, 15) is 0 Å². The molecule has 0 amide bonds. The Kier molecular flexibility index (Phi) is 7.93. The molecule has 0 fully saturated rings. The minimum Gasteiger partial charge on any atom is -0.481 e. The van der Waals surface area contributed by atoms with Crippen LogP contribution in [0.3, 0.4) is 0 Å². The summed E-state index contributed by atoms with van der Waals surface area (Å²) in [5.74, 6) is 0.265. The summed E-state index contributed by atoms with van der Waals surface area (Å²) < 4.78 is 21.7. The molecule has 6 heteroatoms. The minimum atomic E-state index is -0.350. The van der Waals surface area contributed by atoms with Crippen LogP contribution < -0.4 is 4.74 Å². The zero-order chi connectivity index (χ0) is 24.1. The normalized spacial score (nSPS) is 12.4. The number of likely N-dealkylation sites (N-methyl/N-ethyl adjacent to an activating group) is 2. The molecule has 0 bridgehead atoms. The van der Waals surface area contributed by atoms with Crippen molar-refractivity contribution in [2.45, 2.75) is 12.6 Å². The fourth-order valence-corrected chi connectivity index (χ4v) is 4.66. The summed E-state index contributed by atoms with van der Waals surface area (Å²) in [4.78, 5) is 9.19. The van der Waals surface area contributed by atoms with Gasteiger partial charge in [0.15, 0.2) is 0 Å². The summed E-state index contributed by atoms with van der Waals surface area (Å²) >= 11 is 3.55. The predicted molar refractivity (Wildman–Crippen MR) is 140 cm³/mol. The number of halogens is 2. The highest BCUT2D eigenvalue weighted by atomic mass is 79.9. The molecule has 4 rings (SSSR count). The van der Waals surface area contributed by atoms with Crippen molar-refractivity contribution in [3.05, 3.63) is 106 Å². The second-order valence-corrected chi connectivity index (χ2v) is 9.47. The maximum absolute atomic E-state index is 15.1. The fourth-order valence-electron chi connectivity index (χ4n) is 4.28. The van der Waals surface area contributed by atoms with E-state index in [-0.39, 0.29) is 11.9 Å². The predicted octanol–water partition coefficient (Wildman–Crippen LogP) is 6.30. The molecular weight excluding hydrogens is 493 g/mol. The zero-order valence-corrected chi connectivity index (χ0v) is 21.3. The van der Waals surface area contributed by atoms with Gasteiger partial charge in [0.05, 0.1) is 18.7 Å². The number of hydrogen-bond donors (Lipinski definition) is 0. The van der Waals surface area contributed by atoms with Gasteiger partial charge < -0.3 is 9.64 Å². The van der Waals surface area contributed by atoms with Crippen molar-refractivity contribution >= 4 is 26.8 Å². The molecule has 0 spiro atoms. The van der Waals surface area contributed by atoms with Gasteiger partial charge in [-0.05, 0) is 50.0 Å². The summed E-state index contributed by atoms with van der Waals surface area (Å²) in [6.45, 7) is 2.42. The molecule has 1 heterocycles. The molecule has 0 saturated heterocycles. The molecule has 4 aromatic rings. The third-order valence-corrected chi connectivity index (χ3v) is 6.52. The van der Waals surface area contributed by atoms with E-state index in [1.165, 1.54) is 11.6 Å². The maximum Gasteiger partial charge on any atom is 0.218 e. The van der Waals surface area contributed by atoms with Crippen LogP contribution in [0.25, 0.3) is 10.9 Å². The number of rotatable bonds is 9. The topological polar surface area (TPSA) is 28.6 Å². The van der Waals surface area contributed by atoms with Crippen molar-refractivity contribution in [3.63, 3.8) is 0 Å². The van der Waals surface area contributed by atoms with E-state index in [1.54, 1.807) is 13.2 Å². The lowest BCUT2D eigenvalue weighted by Crippen LogP contribution is -2.34. The van der Waals surface area contributed by atoms with Crippen LogP contribution in [0.15, 0.2) is 83.3 Å². The van der Waals surface area contributed by atoms with Crippen LogP contribution >= 0.6 is 15.9 Å². The molecule has 0 saturated carbocycles. The average molecular weight is 522 g/mol. The van der Waals surface area contributed by atoms with Gasteiger partial charge in [0.2, 0.25) is 5.88 Å². The number of pyridine rings is 1. The first-order valence-corrected chi connectivity index (χ1v) is 12.1. The smallest absolute Gasteiger partial charge is 0.218 e. The van der Waals surface area contributed by atoms with Crippen molar-refractivity contribution in [1.29, 1.82) is 0 Å². The van der Waals surface area contributed by atoms with Crippen molar-refractivity contribution < 1.29 is 9.13 Å². The number of aromatic nitrogens is 1. The quantitative estimate of drug-likeness (QED) is 0.258. The van der Waals surface area contributed by atoms with E-state index < -0.39 is 0 Å². The number of hydrogen-bond acceptors (Lipinski definition) is 4. The van der Waals surface area contributed by atoms with Crippen LogP contribution in [0, 0.1) is 5.82 Å². The molecule has 0 aliphatic heterocycles. The summed E-state index contributed by atoms with van der Waals surface area (Å²) in [7, 11) is 5.75. The van der Waals surface area contributed by atoms with E-state index in [0.717, 1.165) is 40.6 Å². The number of nitrogens with zero attached hydrogens (tertiary/aromatic N) is 3. The van der Waals surface area contributed by atoms with Gasteiger partial charge in [0.1, 0.15) is 5.82 Å². The Morgan fingerprint density at radius 2 is 1.65 bits per heavy atom. The van der Waals surface area contributed by atoms with Crippen LogP contribution in [-0.2, 0) is 6.54 Å². The summed E-state index contributed by atoms with van der Waals surface area (Å²) in [5.41, 5.74) is 3.54. The van der Waals surface area contributed by atoms with Crippen molar-refractivity contribution in [3.8, 4) is 5.88 Å². The molecule has 0 N–H and O–H groups in total. The molecule has 1 aromatic heterocycles. The zero-order valence-electron chi connectivity index (χ0n) is 19.7.